The molecule has 2 aromatic carbocycles. The first-order chi connectivity index (χ1) is 11.7. The Hall–Kier alpha value is -1.91. The van der Waals surface area contributed by atoms with E-state index in [2.05, 4.69) is 34.9 Å². The van der Waals surface area contributed by atoms with E-state index in [0.29, 0.717) is 25.9 Å². The van der Waals surface area contributed by atoms with Crippen LogP contribution in [0.4, 0.5) is 4.39 Å². The van der Waals surface area contributed by atoms with Crippen LogP contribution in [0.15, 0.2) is 60.7 Å². The monoisotopic (exact) mass is 362 g/mol. The minimum atomic E-state index is -0.798. The summed E-state index contributed by atoms with van der Waals surface area (Å²) in [6.45, 7) is 0.868. The molecule has 0 bridgehead atoms. The van der Waals surface area contributed by atoms with Crippen molar-refractivity contribution < 1.29 is 9.18 Å². The van der Waals surface area contributed by atoms with Crippen LogP contribution in [-0.2, 0) is 4.79 Å². The van der Waals surface area contributed by atoms with E-state index in [9.17, 15) is 9.18 Å². The molecule has 0 unspecified atom stereocenters. The third kappa shape index (κ3) is 5.55. The fourth-order valence-corrected chi connectivity index (χ4v) is 3.22. The minimum absolute atomic E-state index is 0. The number of carbonyl (C=O) groups excluding carboxylic acids is 1. The van der Waals surface area contributed by atoms with Gasteiger partial charge in [-0.25, -0.2) is 4.39 Å². The molecular formula is C20H24ClFN2O. The number of halogens is 2. The third-order valence-electron chi connectivity index (χ3n) is 4.51. The van der Waals surface area contributed by atoms with E-state index < -0.39 is 6.17 Å². The fourth-order valence-electron chi connectivity index (χ4n) is 3.22. The average Bonchev–Trinajstić information content (AvgIpc) is 3.05. The molecule has 1 aliphatic heterocycles. The smallest absolute Gasteiger partial charge is 0.221 e. The molecule has 0 spiro atoms. The van der Waals surface area contributed by atoms with Gasteiger partial charge in [0.1, 0.15) is 6.17 Å². The molecule has 0 aromatic heterocycles. The Bertz CT molecular complexity index is 614. The van der Waals surface area contributed by atoms with Gasteiger partial charge >= 0.3 is 0 Å². The van der Waals surface area contributed by atoms with Crippen molar-refractivity contribution in [3.8, 4) is 0 Å². The Balaban J connectivity index is 0.00000225. The molecular weight excluding hydrogens is 339 g/mol. The van der Waals surface area contributed by atoms with Gasteiger partial charge in [0.15, 0.2) is 0 Å². The molecule has 0 aliphatic carbocycles. The molecule has 1 amide bonds. The van der Waals surface area contributed by atoms with Gasteiger partial charge in [-0.2, -0.15) is 0 Å². The Morgan fingerprint density at radius 3 is 2.12 bits per heavy atom. The van der Waals surface area contributed by atoms with Crippen LogP contribution in [0.3, 0.4) is 0 Å². The molecule has 25 heavy (non-hydrogen) atoms. The van der Waals surface area contributed by atoms with Crippen molar-refractivity contribution in [1.29, 1.82) is 0 Å². The second-order valence-corrected chi connectivity index (χ2v) is 6.32. The Morgan fingerprint density at radius 1 is 1.08 bits per heavy atom. The number of amides is 1. The van der Waals surface area contributed by atoms with Crippen LogP contribution in [0, 0.1) is 0 Å². The molecule has 0 saturated carbocycles. The summed E-state index contributed by atoms with van der Waals surface area (Å²) >= 11 is 0. The average molecular weight is 363 g/mol. The van der Waals surface area contributed by atoms with Gasteiger partial charge in [0, 0.05) is 31.5 Å². The number of hydrogen-bond donors (Lipinski definition) is 2. The van der Waals surface area contributed by atoms with Gasteiger partial charge < -0.3 is 10.6 Å². The minimum Gasteiger partial charge on any atom is -0.355 e. The van der Waals surface area contributed by atoms with Gasteiger partial charge in [-0.15, -0.1) is 12.4 Å². The Morgan fingerprint density at radius 2 is 1.64 bits per heavy atom. The number of carbonyl (C=O) groups is 1. The highest BCUT2D eigenvalue weighted by Gasteiger charge is 2.24. The van der Waals surface area contributed by atoms with Gasteiger partial charge in [0.2, 0.25) is 5.91 Å². The number of benzene rings is 2. The second kappa shape index (κ2) is 9.54. The van der Waals surface area contributed by atoms with Gasteiger partial charge in [-0.1, -0.05) is 60.7 Å². The van der Waals surface area contributed by atoms with E-state index in [1.165, 1.54) is 0 Å². The fraction of sp³-hybridized carbons (Fsp3) is 0.350. The lowest BCUT2D eigenvalue weighted by Gasteiger charge is -2.19. The number of hydrogen-bond acceptors (Lipinski definition) is 2. The molecule has 2 atom stereocenters. The zero-order chi connectivity index (χ0) is 16.8. The van der Waals surface area contributed by atoms with Crippen molar-refractivity contribution in [3.05, 3.63) is 71.8 Å². The summed E-state index contributed by atoms with van der Waals surface area (Å²) in [5, 5.41) is 6.04. The zero-order valence-corrected chi connectivity index (χ0v) is 14.8. The Labute approximate surface area is 154 Å². The largest absolute Gasteiger partial charge is 0.355 e. The molecule has 3 nitrogen and oxygen atoms in total. The Kier molecular flexibility index (Phi) is 7.41. The van der Waals surface area contributed by atoms with E-state index >= 15 is 0 Å². The standard InChI is InChI=1S/C20H23FN2O.ClH/c21-17-11-18(22-13-17)14-23-20(24)12-19(15-7-3-1-4-8-15)16-9-5-2-6-10-16;/h1-10,17-19,22H,11-14H2,(H,23,24);1H/t17-,18-;/m0./s1. The lowest BCUT2D eigenvalue weighted by molar-refractivity contribution is -0.121. The highest BCUT2D eigenvalue weighted by atomic mass is 35.5. The summed E-state index contributed by atoms with van der Waals surface area (Å²) < 4.78 is 13.2. The summed E-state index contributed by atoms with van der Waals surface area (Å²) in [5.41, 5.74) is 2.25. The van der Waals surface area contributed by atoms with Gasteiger partial charge in [0.05, 0.1) is 0 Å². The lowest BCUT2D eigenvalue weighted by atomic mass is 9.88. The summed E-state index contributed by atoms with van der Waals surface area (Å²) in [7, 11) is 0. The van der Waals surface area contributed by atoms with Crippen LogP contribution in [0.25, 0.3) is 0 Å². The van der Waals surface area contributed by atoms with Crippen LogP contribution in [-0.4, -0.2) is 31.2 Å². The van der Waals surface area contributed by atoms with Crippen LogP contribution in [0.5, 0.6) is 0 Å². The van der Waals surface area contributed by atoms with Gasteiger partial charge in [-0.05, 0) is 17.5 Å². The van der Waals surface area contributed by atoms with Gasteiger partial charge in [0.25, 0.3) is 0 Å². The highest BCUT2D eigenvalue weighted by Crippen LogP contribution is 2.27. The topological polar surface area (TPSA) is 41.1 Å². The summed E-state index contributed by atoms with van der Waals surface area (Å²) in [6.07, 6.45) is 0.0641. The van der Waals surface area contributed by atoms with Gasteiger partial charge in [-0.3, -0.25) is 4.79 Å². The van der Waals surface area contributed by atoms with E-state index in [-0.39, 0.29) is 30.3 Å². The SMILES string of the molecule is Cl.O=C(CC(c1ccccc1)c1ccccc1)NC[C@@H]1C[C@H](F)CN1. The van der Waals surface area contributed by atoms with Crippen LogP contribution >= 0.6 is 12.4 Å². The van der Waals surface area contributed by atoms with Crippen LogP contribution in [0.1, 0.15) is 29.9 Å². The zero-order valence-electron chi connectivity index (χ0n) is 14.0. The molecule has 1 fully saturated rings. The van der Waals surface area contributed by atoms with E-state index in [1.54, 1.807) is 0 Å². The third-order valence-corrected chi connectivity index (χ3v) is 4.51. The summed E-state index contributed by atoms with van der Waals surface area (Å²) in [5.74, 6) is 0.0228. The van der Waals surface area contributed by atoms with Crippen molar-refractivity contribution in [1.82, 2.24) is 10.6 Å². The van der Waals surface area contributed by atoms with Crippen LogP contribution < -0.4 is 10.6 Å². The second-order valence-electron chi connectivity index (χ2n) is 6.32. The normalized spacial score (nSPS) is 19.4. The molecule has 1 saturated heterocycles. The molecule has 2 N–H and O–H groups in total. The lowest BCUT2D eigenvalue weighted by Crippen LogP contribution is -2.37. The molecule has 0 radical (unpaired) electrons. The van der Waals surface area contributed by atoms with Crippen LogP contribution in [0.2, 0.25) is 0 Å². The first-order valence-electron chi connectivity index (χ1n) is 8.46. The molecule has 2 aromatic rings. The summed E-state index contributed by atoms with van der Waals surface area (Å²) in [4.78, 5) is 12.4. The first kappa shape index (κ1) is 19.4. The first-order valence-corrected chi connectivity index (χ1v) is 8.46. The van der Waals surface area contributed by atoms with Crippen molar-refractivity contribution in [2.45, 2.75) is 31.0 Å². The number of rotatable bonds is 6. The maximum absolute atomic E-state index is 13.2. The molecule has 1 aliphatic rings. The van der Waals surface area contributed by atoms with E-state index in [1.807, 2.05) is 36.4 Å². The molecule has 3 rings (SSSR count). The predicted molar refractivity (Wildman–Crippen MR) is 101 cm³/mol. The van der Waals surface area contributed by atoms with E-state index in [0.717, 1.165) is 11.1 Å². The predicted octanol–water partition coefficient (Wildman–Crippen LogP) is 3.45. The van der Waals surface area contributed by atoms with E-state index in [4.69, 9.17) is 0 Å². The maximum Gasteiger partial charge on any atom is 0.221 e. The molecule has 134 valence electrons. The highest BCUT2D eigenvalue weighted by molar-refractivity contribution is 5.85. The molecule has 1 heterocycles. The van der Waals surface area contributed by atoms with Crippen molar-refractivity contribution in [2.75, 3.05) is 13.1 Å². The van der Waals surface area contributed by atoms with Crippen molar-refractivity contribution in [3.63, 3.8) is 0 Å². The molecule has 5 heteroatoms. The number of alkyl halides is 1. The van der Waals surface area contributed by atoms with Crippen molar-refractivity contribution >= 4 is 18.3 Å². The van der Waals surface area contributed by atoms with Crippen molar-refractivity contribution in [2.24, 2.45) is 0 Å². The number of nitrogens with one attached hydrogen (secondary N) is 2. The quantitative estimate of drug-likeness (QED) is 0.826. The summed E-state index contributed by atoms with van der Waals surface area (Å²) in [6, 6.07) is 20.2. The maximum atomic E-state index is 13.2.